The van der Waals surface area contributed by atoms with Gasteiger partial charge in [0, 0.05) is 18.0 Å². The molecule has 0 radical (unpaired) electrons. The summed E-state index contributed by atoms with van der Waals surface area (Å²) in [6.45, 7) is 2.94. The fraction of sp³-hybridized carbons (Fsp3) is 0.500. The highest BCUT2D eigenvalue weighted by Gasteiger charge is 2.19. The van der Waals surface area contributed by atoms with Gasteiger partial charge in [-0.2, -0.15) is 5.26 Å². The van der Waals surface area contributed by atoms with Gasteiger partial charge in [0.25, 0.3) is 0 Å². The summed E-state index contributed by atoms with van der Waals surface area (Å²) in [6, 6.07) is 10.5. The minimum absolute atomic E-state index is 0.254. The van der Waals surface area contributed by atoms with Crippen LogP contribution in [-0.4, -0.2) is 25.1 Å². The van der Waals surface area contributed by atoms with Gasteiger partial charge in [-0.15, -0.1) is 0 Å². The molecule has 0 aromatic heterocycles. The van der Waals surface area contributed by atoms with Crippen LogP contribution in [0.2, 0.25) is 0 Å². The molecule has 1 aliphatic heterocycles. The van der Waals surface area contributed by atoms with Crippen LogP contribution in [0, 0.1) is 17.2 Å². The minimum Gasteiger partial charge on any atom is -0.496 e. The highest BCUT2D eigenvalue weighted by Crippen LogP contribution is 2.22. The normalized spacial score (nSPS) is 17.6. The largest absolute Gasteiger partial charge is 0.496 e. The Bertz CT molecular complexity index is 403. The average Bonchev–Trinajstić information content (AvgIpc) is 2.40. The summed E-state index contributed by atoms with van der Waals surface area (Å²) in [5, 5.41) is 8.86. The highest BCUT2D eigenvalue weighted by atomic mass is 16.5. The van der Waals surface area contributed by atoms with Crippen molar-refractivity contribution in [3.63, 3.8) is 0 Å². The lowest BCUT2D eigenvalue weighted by molar-refractivity contribution is 0.196. The van der Waals surface area contributed by atoms with Crippen molar-refractivity contribution in [2.75, 3.05) is 20.2 Å². The maximum Gasteiger partial charge on any atom is 0.123 e. The molecule has 1 saturated heterocycles. The Labute approximate surface area is 103 Å². The molecule has 17 heavy (non-hydrogen) atoms. The molecule has 0 saturated carbocycles. The SMILES string of the molecule is COc1ccccc1CN1CCC(C#N)CC1. The Morgan fingerprint density at radius 2 is 2.06 bits per heavy atom. The van der Waals surface area contributed by atoms with Gasteiger partial charge >= 0.3 is 0 Å². The number of likely N-dealkylation sites (tertiary alicyclic amines) is 1. The van der Waals surface area contributed by atoms with Crippen LogP contribution in [0.1, 0.15) is 18.4 Å². The van der Waals surface area contributed by atoms with Crippen LogP contribution in [-0.2, 0) is 6.54 Å². The Morgan fingerprint density at radius 3 is 2.71 bits per heavy atom. The Balaban J connectivity index is 1.96. The van der Waals surface area contributed by atoms with Crippen molar-refractivity contribution in [3.05, 3.63) is 29.8 Å². The van der Waals surface area contributed by atoms with Crippen LogP contribution >= 0.6 is 0 Å². The van der Waals surface area contributed by atoms with E-state index >= 15 is 0 Å². The zero-order chi connectivity index (χ0) is 12.1. The molecule has 1 fully saturated rings. The van der Waals surface area contributed by atoms with Crippen molar-refractivity contribution in [1.82, 2.24) is 4.90 Å². The van der Waals surface area contributed by atoms with Gasteiger partial charge < -0.3 is 4.74 Å². The standard InChI is InChI=1S/C14H18N2O/c1-17-14-5-3-2-4-13(14)11-16-8-6-12(10-15)7-9-16/h2-5,12H,6-9,11H2,1H3. The zero-order valence-corrected chi connectivity index (χ0v) is 10.2. The van der Waals surface area contributed by atoms with E-state index in [2.05, 4.69) is 17.0 Å². The van der Waals surface area contributed by atoms with Gasteiger partial charge in [0.2, 0.25) is 0 Å². The van der Waals surface area contributed by atoms with E-state index in [1.807, 2.05) is 18.2 Å². The summed E-state index contributed by atoms with van der Waals surface area (Å²) >= 11 is 0. The van der Waals surface area contributed by atoms with Crippen molar-refractivity contribution in [2.45, 2.75) is 19.4 Å². The maximum atomic E-state index is 8.86. The second-order valence-corrected chi connectivity index (χ2v) is 4.49. The van der Waals surface area contributed by atoms with E-state index in [0.29, 0.717) is 0 Å². The van der Waals surface area contributed by atoms with Gasteiger partial charge in [-0.1, -0.05) is 18.2 Å². The summed E-state index contributed by atoms with van der Waals surface area (Å²) in [5.74, 6) is 1.21. The predicted octanol–water partition coefficient (Wildman–Crippen LogP) is 2.43. The van der Waals surface area contributed by atoms with E-state index in [4.69, 9.17) is 10.00 Å². The molecular weight excluding hydrogens is 212 g/mol. The predicted molar refractivity (Wildman–Crippen MR) is 66.6 cm³/mol. The summed E-state index contributed by atoms with van der Waals surface area (Å²) in [5.41, 5.74) is 1.23. The monoisotopic (exact) mass is 230 g/mol. The molecule has 1 aliphatic rings. The molecule has 3 nitrogen and oxygen atoms in total. The van der Waals surface area contributed by atoms with Crippen LogP contribution in [0.5, 0.6) is 5.75 Å². The lowest BCUT2D eigenvalue weighted by Gasteiger charge is -2.29. The lowest BCUT2D eigenvalue weighted by Crippen LogP contribution is -2.32. The zero-order valence-electron chi connectivity index (χ0n) is 10.2. The maximum absolute atomic E-state index is 8.86. The average molecular weight is 230 g/mol. The van der Waals surface area contributed by atoms with Crippen molar-refractivity contribution in [1.29, 1.82) is 5.26 Å². The van der Waals surface area contributed by atoms with E-state index in [1.165, 1.54) is 5.56 Å². The van der Waals surface area contributed by atoms with Crippen molar-refractivity contribution < 1.29 is 4.74 Å². The molecule has 0 spiro atoms. The molecule has 0 aliphatic carbocycles. The number of piperidine rings is 1. The molecule has 1 aromatic carbocycles. The van der Waals surface area contributed by atoms with E-state index < -0.39 is 0 Å². The van der Waals surface area contributed by atoms with E-state index in [-0.39, 0.29) is 5.92 Å². The molecule has 0 N–H and O–H groups in total. The molecule has 1 aromatic rings. The van der Waals surface area contributed by atoms with Crippen LogP contribution < -0.4 is 4.74 Å². The third kappa shape index (κ3) is 2.98. The molecule has 0 atom stereocenters. The number of para-hydroxylation sites is 1. The number of hydrogen-bond acceptors (Lipinski definition) is 3. The molecule has 1 heterocycles. The van der Waals surface area contributed by atoms with Crippen LogP contribution in [0.4, 0.5) is 0 Å². The quantitative estimate of drug-likeness (QED) is 0.800. The van der Waals surface area contributed by atoms with Crippen LogP contribution in [0.25, 0.3) is 0 Å². The second kappa shape index (κ2) is 5.70. The van der Waals surface area contributed by atoms with Gasteiger partial charge in [-0.3, -0.25) is 4.90 Å². The summed E-state index contributed by atoms with van der Waals surface area (Å²) < 4.78 is 5.35. The molecular formula is C14H18N2O. The second-order valence-electron chi connectivity index (χ2n) is 4.49. The third-order valence-electron chi connectivity index (χ3n) is 3.36. The number of rotatable bonds is 3. The topological polar surface area (TPSA) is 36.3 Å². The number of benzene rings is 1. The van der Waals surface area contributed by atoms with Crippen LogP contribution in [0.3, 0.4) is 0 Å². The van der Waals surface area contributed by atoms with E-state index in [9.17, 15) is 0 Å². The van der Waals surface area contributed by atoms with Gasteiger partial charge in [0.1, 0.15) is 5.75 Å². The van der Waals surface area contributed by atoms with Crippen molar-refractivity contribution in [3.8, 4) is 11.8 Å². The first kappa shape index (κ1) is 11.9. The fourth-order valence-corrected chi connectivity index (χ4v) is 2.29. The molecule has 2 rings (SSSR count). The summed E-state index contributed by atoms with van der Waals surface area (Å²) in [7, 11) is 1.71. The van der Waals surface area contributed by atoms with Crippen LogP contribution in [0.15, 0.2) is 24.3 Å². The highest BCUT2D eigenvalue weighted by molar-refractivity contribution is 5.33. The lowest BCUT2D eigenvalue weighted by atomic mass is 9.98. The molecule has 0 amide bonds. The molecule has 3 heteroatoms. The number of nitriles is 1. The molecule has 0 unspecified atom stereocenters. The van der Waals surface area contributed by atoms with Gasteiger partial charge in [0.05, 0.1) is 13.2 Å². The summed E-state index contributed by atoms with van der Waals surface area (Å²) in [4.78, 5) is 2.39. The van der Waals surface area contributed by atoms with Gasteiger partial charge in [-0.05, 0) is 32.0 Å². The Morgan fingerprint density at radius 1 is 1.35 bits per heavy atom. The van der Waals surface area contributed by atoms with E-state index in [1.54, 1.807) is 7.11 Å². The number of methoxy groups -OCH3 is 1. The smallest absolute Gasteiger partial charge is 0.123 e. The number of ether oxygens (including phenoxy) is 1. The van der Waals surface area contributed by atoms with Gasteiger partial charge in [0.15, 0.2) is 0 Å². The first-order valence-electron chi connectivity index (χ1n) is 6.07. The third-order valence-corrected chi connectivity index (χ3v) is 3.36. The fourth-order valence-electron chi connectivity index (χ4n) is 2.29. The number of hydrogen-bond donors (Lipinski definition) is 0. The Hall–Kier alpha value is -1.53. The summed E-state index contributed by atoms with van der Waals surface area (Å²) in [6.07, 6.45) is 1.98. The van der Waals surface area contributed by atoms with E-state index in [0.717, 1.165) is 38.2 Å². The first-order chi connectivity index (χ1) is 8.33. The van der Waals surface area contributed by atoms with Crippen molar-refractivity contribution >= 4 is 0 Å². The Kier molecular flexibility index (Phi) is 4.00. The van der Waals surface area contributed by atoms with Gasteiger partial charge in [-0.25, -0.2) is 0 Å². The minimum atomic E-state index is 0.254. The molecule has 90 valence electrons. The number of nitrogens with zero attached hydrogens (tertiary/aromatic N) is 2. The first-order valence-corrected chi connectivity index (χ1v) is 6.07. The van der Waals surface area contributed by atoms with Crippen molar-refractivity contribution in [2.24, 2.45) is 5.92 Å². The molecule has 0 bridgehead atoms.